The fraction of sp³-hybridized carbons (Fsp3) is 0. The number of non-ortho nitro benzene ring substituents is 1. The Balaban J connectivity index is 1.38. The molecule has 0 aliphatic heterocycles. The summed E-state index contributed by atoms with van der Waals surface area (Å²) in [5, 5.41) is 15.3. The van der Waals surface area contributed by atoms with E-state index in [1.165, 1.54) is 42.2 Å². The van der Waals surface area contributed by atoms with E-state index in [1.807, 2.05) is 24.3 Å². The maximum Gasteiger partial charge on any atom is 0.271 e. The second-order valence-corrected chi connectivity index (χ2v) is 8.00. The molecule has 0 spiro atoms. The summed E-state index contributed by atoms with van der Waals surface area (Å²) >= 11 is 2.98. The third-order valence-electron chi connectivity index (χ3n) is 3.74. The molecule has 29 heavy (non-hydrogen) atoms. The average Bonchev–Trinajstić information content (AvgIpc) is 3.34. The number of nitro groups is 1. The predicted octanol–water partition coefficient (Wildman–Crippen LogP) is 4.71. The highest BCUT2D eigenvalue weighted by Gasteiger charge is 2.11. The molecule has 1 N–H and O–H groups in total. The Kier molecular flexibility index (Phi) is 5.36. The van der Waals surface area contributed by atoms with E-state index >= 15 is 0 Å². The van der Waals surface area contributed by atoms with Crippen LogP contribution in [0.5, 0.6) is 0 Å². The molecule has 0 fully saturated rings. The third-order valence-corrected chi connectivity index (χ3v) is 5.76. The smallest absolute Gasteiger partial charge is 0.271 e. The molecule has 1 amide bonds. The molecule has 2 aromatic heterocycles. The molecule has 0 aliphatic carbocycles. The normalized spacial score (nSPS) is 11.2. The van der Waals surface area contributed by atoms with Crippen LogP contribution < -0.4 is 5.43 Å². The second-order valence-electron chi connectivity index (χ2n) is 5.71. The number of hydrazone groups is 1. The van der Waals surface area contributed by atoms with Crippen LogP contribution in [0.3, 0.4) is 0 Å². The first-order chi connectivity index (χ1) is 14.1. The highest BCUT2D eigenvalue weighted by Crippen LogP contribution is 2.34. The first-order valence-electron chi connectivity index (χ1n) is 8.29. The zero-order valence-electron chi connectivity index (χ0n) is 14.6. The van der Waals surface area contributed by atoms with Crippen LogP contribution in [0.1, 0.15) is 16.1 Å². The van der Waals surface area contributed by atoms with Gasteiger partial charge < -0.3 is 4.42 Å². The van der Waals surface area contributed by atoms with E-state index in [4.69, 9.17) is 4.42 Å². The largest absolute Gasteiger partial charge is 0.448 e. The number of carbonyl (C=O) groups excluding carboxylic acids is 1. The molecule has 10 heteroatoms. The van der Waals surface area contributed by atoms with Crippen molar-refractivity contribution in [2.24, 2.45) is 5.10 Å². The highest BCUT2D eigenvalue weighted by molar-refractivity contribution is 8.01. The molecule has 0 bridgehead atoms. The Hall–Kier alpha value is -3.50. The summed E-state index contributed by atoms with van der Waals surface area (Å²) in [5.41, 5.74) is 3.24. The van der Waals surface area contributed by atoms with Gasteiger partial charge in [0.25, 0.3) is 11.6 Å². The lowest BCUT2D eigenvalue weighted by Gasteiger charge is -1.99. The van der Waals surface area contributed by atoms with Gasteiger partial charge in [0.1, 0.15) is 5.76 Å². The molecule has 2 aromatic carbocycles. The van der Waals surface area contributed by atoms with Crippen molar-refractivity contribution < 1.29 is 14.1 Å². The van der Waals surface area contributed by atoms with Crippen molar-refractivity contribution in [2.45, 2.75) is 9.43 Å². The van der Waals surface area contributed by atoms with E-state index in [1.54, 1.807) is 23.5 Å². The summed E-state index contributed by atoms with van der Waals surface area (Å²) < 4.78 is 7.63. The van der Waals surface area contributed by atoms with Crippen molar-refractivity contribution in [3.05, 3.63) is 82.1 Å². The van der Waals surface area contributed by atoms with Crippen LogP contribution in [0.25, 0.3) is 10.2 Å². The van der Waals surface area contributed by atoms with E-state index in [0.29, 0.717) is 10.9 Å². The molecule has 2 heterocycles. The van der Waals surface area contributed by atoms with Crippen LogP contribution in [0, 0.1) is 10.1 Å². The molecule has 0 unspecified atom stereocenters. The minimum atomic E-state index is -0.562. The van der Waals surface area contributed by atoms with Crippen LogP contribution >= 0.6 is 23.1 Å². The van der Waals surface area contributed by atoms with Crippen LogP contribution in [0.4, 0.5) is 5.69 Å². The molecular weight excluding hydrogens is 412 g/mol. The number of hydrogen-bond acceptors (Lipinski definition) is 8. The van der Waals surface area contributed by atoms with E-state index in [-0.39, 0.29) is 11.3 Å². The third kappa shape index (κ3) is 4.50. The zero-order valence-corrected chi connectivity index (χ0v) is 16.3. The average molecular weight is 424 g/mol. The van der Waals surface area contributed by atoms with Gasteiger partial charge in [0.15, 0.2) is 9.43 Å². The number of nitrogens with zero attached hydrogens (tertiary/aromatic N) is 3. The summed E-state index contributed by atoms with van der Waals surface area (Å²) in [6, 6.07) is 16.8. The van der Waals surface area contributed by atoms with Gasteiger partial charge in [-0.3, -0.25) is 14.9 Å². The monoisotopic (exact) mass is 424 g/mol. The highest BCUT2D eigenvalue weighted by atomic mass is 32.2. The number of furan rings is 1. The lowest BCUT2D eigenvalue weighted by atomic mass is 10.2. The van der Waals surface area contributed by atoms with E-state index in [9.17, 15) is 14.9 Å². The molecule has 0 radical (unpaired) electrons. The quantitative estimate of drug-likeness (QED) is 0.273. The number of thiazole rings is 1. The first-order valence-corrected chi connectivity index (χ1v) is 9.93. The Morgan fingerprint density at radius 3 is 2.90 bits per heavy atom. The van der Waals surface area contributed by atoms with Crippen molar-refractivity contribution >= 4 is 51.1 Å². The van der Waals surface area contributed by atoms with Crippen molar-refractivity contribution in [2.75, 3.05) is 0 Å². The van der Waals surface area contributed by atoms with Gasteiger partial charge in [-0.2, -0.15) is 5.10 Å². The number of nitrogens with one attached hydrogen (secondary N) is 1. The van der Waals surface area contributed by atoms with Crippen molar-refractivity contribution in [3.8, 4) is 0 Å². The zero-order chi connectivity index (χ0) is 20.2. The van der Waals surface area contributed by atoms with E-state index in [0.717, 1.165) is 14.6 Å². The number of hydrogen-bond donors (Lipinski definition) is 1. The Morgan fingerprint density at radius 1 is 1.21 bits per heavy atom. The van der Waals surface area contributed by atoms with Gasteiger partial charge in [0, 0.05) is 17.7 Å². The first kappa shape index (κ1) is 18.8. The number of carbonyl (C=O) groups is 1. The van der Waals surface area contributed by atoms with Gasteiger partial charge in [-0.15, -0.1) is 11.3 Å². The summed E-state index contributed by atoms with van der Waals surface area (Å²) in [4.78, 5) is 26.8. The van der Waals surface area contributed by atoms with Gasteiger partial charge in [-0.25, -0.2) is 10.4 Å². The topological polar surface area (TPSA) is 111 Å². The minimum absolute atomic E-state index is 0.142. The van der Waals surface area contributed by atoms with Gasteiger partial charge >= 0.3 is 0 Å². The molecule has 144 valence electrons. The van der Waals surface area contributed by atoms with Crippen LogP contribution in [0.2, 0.25) is 0 Å². The number of amides is 1. The standard InChI is InChI=1S/C19H12N4O4S2/c24-18(12-4-3-5-13(10-12)23(25)26)22-20-11-14-8-9-17(27-14)29-19-21-15-6-1-2-7-16(15)28-19/h1-11H,(H,22,24)/b20-11+. The summed E-state index contributed by atoms with van der Waals surface area (Å²) in [6.07, 6.45) is 1.36. The van der Waals surface area contributed by atoms with Gasteiger partial charge in [0.05, 0.1) is 21.4 Å². The van der Waals surface area contributed by atoms with Crippen molar-refractivity contribution in [3.63, 3.8) is 0 Å². The molecule has 0 aliphatic rings. The fourth-order valence-electron chi connectivity index (χ4n) is 2.42. The molecule has 0 saturated heterocycles. The lowest BCUT2D eigenvalue weighted by Crippen LogP contribution is -2.17. The maximum absolute atomic E-state index is 12.1. The number of rotatable bonds is 6. The van der Waals surface area contributed by atoms with Crippen LogP contribution in [-0.4, -0.2) is 22.0 Å². The summed E-state index contributed by atoms with van der Waals surface area (Å²) in [5.74, 6) is -0.103. The minimum Gasteiger partial charge on any atom is -0.448 e. The summed E-state index contributed by atoms with van der Waals surface area (Å²) in [6.45, 7) is 0. The number of benzene rings is 2. The Labute approximate surface area is 172 Å². The summed E-state index contributed by atoms with van der Waals surface area (Å²) in [7, 11) is 0. The molecule has 0 atom stereocenters. The lowest BCUT2D eigenvalue weighted by molar-refractivity contribution is -0.384. The molecule has 4 aromatic rings. The molecule has 8 nitrogen and oxygen atoms in total. The molecule has 0 saturated carbocycles. The fourth-order valence-corrected chi connectivity index (χ4v) is 4.39. The second kappa shape index (κ2) is 8.25. The van der Waals surface area contributed by atoms with Gasteiger partial charge in [0.2, 0.25) is 0 Å². The van der Waals surface area contributed by atoms with Crippen LogP contribution in [0.15, 0.2) is 79.6 Å². The number of aromatic nitrogens is 1. The Bertz CT molecular complexity index is 1200. The number of nitro benzene ring substituents is 1. The van der Waals surface area contributed by atoms with E-state index < -0.39 is 10.8 Å². The number of para-hydroxylation sites is 1. The van der Waals surface area contributed by atoms with Gasteiger partial charge in [-0.05, 0) is 42.1 Å². The maximum atomic E-state index is 12.1. The van der Waals surface area contributed by atoms with Crippen molar-refractivity contribution in [1.29, 1.82) is 0 Å². The van der Waals surface area contributed by atoms with Crippen molar-refractivity contribution in [1.82, 2.24) is 10.4 Å². The Morgan fingerprint density at radius 2 is 2.07 bits per heavy atom. The predicted molar refractivity (Wildman–Crippen MR) is 111 cm³/mol. The van der Waals surface area contributed by atoms with Crippen LogP contribution in [-0.2, 0) is 0 Å². The number of fused-ring (bicyclic) bond motifs is 1. The SMILES string of the molecule is O=C(N/N=C/c1ccc(Sc2nc3ccccc3s2)o1)c1cccc([N+](=O)[O-])c1. The molecular formula is C19H12N4O4S2. The molecule has 4 rings (SSSR count). The van der Waals surface area contributed by atoms with Gasteiger partial charge in [-0.1, -0.05) is 18.2 Å². The van der Waals surface area contributed by atoms with E-state index in [2.05, 4.69) is 15.5 Å².